The molecule has 2 N–H and O–H groups in total. The van der Waals surface area contributed by atoms with Gasteiger partial charge >= 0.3 is 19.8 Å². The third-order valence-electron chi connectivity index (χ3n) is 7.57. The van der Waals surface area contributed by atoms with Gasteiger partial charge < -0.3 is 19.3 Å². The summed E-state index contributed by atoms with van der Waals surface area (Å²) in [5.74, 6) is -0.997. The molecule has 46 heavy (non-hydrogen) atoms. The zero-order valence-electron chi connectivity index (χ0n) is 36.1. The number of carbonyl (C=O) groups excluding carboxylic acids is 2. The number of hydrogen-bond donors (Lipinski definition) is 2. The van der Waals surface area contributed by atoms with Crippen LogP contribution in [-0.4, -0.2) is 70.6 Å². The van der Waals surface area contributed by atoms with E-state index in [2.05, 4.69) is 23.6 Å². The molecule has 0 amide bonds. The van der Waals surface area contributed by atoms with Crippen molar-refractivity contribution in [2.24, 2.45) is 0 Å². The monoisotopic (exact) mass is 691 g/mol. The number of allylic oxidation sites excluding steroid dienone is 2. The number of unbranched alkanes of at least 4 members (excludes halogenated alkanes) is 19. The van der Waals surface area contributed by atoms with Crippen LogP contribution in [0.2, 0.25) is 0 Å². The fraction of sp³-hybridized carbons (Fsp3) is 0.889. The summed E-state index contributed by atoms with van der Waals surface area (Å²) in [5.41, 5.74) is 0. The van der Waals surface area contributed by atoms with E-state index in [1.165, 1.54) is 51.4 Å². The van der Waals surface area contributed by atoms with Gasteiger partial charge in [-0.15, -0.1) is 0 Å². The van der Waals surface area contributed by atoms with Crippen molar-refractivity contribution in [3.8, 4) is 0 Å². The Morgan fingerprint density at radius 2 is 1.15 bits per heavy atom. The third-order valence-corrected chi connectivity index (χ3v) is 8.06. The Bertz CT molecular complexity index is 1010. The van der Waals surface area contributed by atoms with Crippen LogP contribution < -0.4 is 0 Å². The Morgan fingerprint density at radius 3 is 1.65 bits per heavy atom. The number of rotatable bonds is 34. The quantitative estimate of drug-likeness (QED) is 0.0225. The summed E-state index contributed by atoms with van der Waals surface area (Å²) in [5, 5.41) is 0. The first-order valence-electron chi connectivity index (χ1n) is 21.1. The number of carbonyl (C=O) groups is 2. The maximum Gasteiger partial charge on any atom is 0.469 e. The molecule has 8 nitrogen and oxygen atoms in total. The largest absolute Gasteiger partial charge is 0.469 e. The second-order valence-electron chi connectivity index (χ2n) is 11.9. The zero-order valence-corrected chi connectivity index (χ0v) is 32.0. The van der Waals surface area contributed by atoms with Crippen LogP contribution in [0.25, 0.3) is 0 Å². The van der Waals surface area contributed by atoms with Gasteiger partial charge in [0.25, 0.3) is 0 Å². The first-order valence-corrected chi connectivity index (χ1v) is 19.2. The molecule has 0 saturated carbocycles. The number of hydrogen-bond acceptors (Lipinski definition) is 6. The van der Waals surface area contributed by atoms with Gasteiger partial charge in [0, 0.05) is 52.0 Å². The van der Waals surface area contributed by atoms with Crippen LogP contribution in [0.3, 0.4) is 0 Å². The van der Waals surface area contributed by atoms with Gasteiger partial charge in [-0.3, -0.25) is 14.1 Å². The minimum Gasteiger partial charge on any atom is -0.462 e. The maximum atomic E-state index is 12.4. The van der Waals surface area contributed by atoms with Crippen molar-refractivity contribution in [2.75, 3.05) is 13.2 Å². The Labute approximate surface area is 314 Å². The molecule has 0 fully saturated rings. The van der Waals surface area contributed by atoms with Gasteiger partial charge in [-0.1, -0.05) is 148 Å². The van der Waals surface area contributed by atoms with Crippen LogP contribution in [0.4, 0.5) is 0 Å². The van der Waals surface area contributed by atoms with Crippen LogP contribution in [0.1, 0.15) is 197 Å². The van der Waals surface area contributed by atoms with E-state index in [0.717, 1.165) is 64.2 Å². The van der Waals surface area contributed by atoms with Crippen molar-refractivity contribution in [3.63, 3.8) is 0 Å². The number of phosphoric acid groups is 1. The molecule has 0 aliphatic rings. The number of phosphoric ester groups is 1. The summed E-state index contributed by atoms with van der Waals surface area (Å²) >= 11 is 0. The first-order chi connectivity index (χ1) is 24.4. The zero-order chi connectivity index (χ0) is 39.4. The van der Waals surface area contributed by atoms with Gasteiger partial charge in [0.2, 0.25) is 0 Å². The van der Waals surface area contributed by atoms with Gasteiger partial charge in [0.1, 0.15) is 6.61 Å². The van der Waals surface area contributed by atoms with E-state index in [9.17, 15) is 14.2 Å². The molecule has 1 radical (unpaired) electrons. The van der Waals surface area contributed by atoms with Crippen molar-refractivity contribution in [2.45, 2.75) is 193 Å². The van der Waals surface area contributed by atoms with Crippen LogP contribution in [0.5, 0.6) is 0 Å². The molecule has 0 bridgehead atoms. The molecule has 0 aromatic rings. The Morgan fingerprint density at radius 1 is 0.696 bits per heavy atom. The minimum atomic E-state index is -4.80. The predicted octanol–water partition coefficient (Wildman–Crippen LogP) is 10.3. The van der Waals surface area contributed by atoms with Crippen LogP contribution in [0.15, 0.2) is 12.2 Å². The molecule has 0 aromatic carbocycles. The Hall–Kier alpha value is -0.210. The van der Waals surface area contributed by atoms with E-state index < -0.39 is 52.1 Å². The smallest absolute Gasteiger partial charge is 0.462 e. The summed E-state index contributed by atoms with van der Waals surface area (Å²) in [4.78, 5) is 42.7. The normalized spacial score (nSPS) is 15.4. The SMILES string of the molecule is [2H]C([2H])([2H])C([2H])([2H])C([2H])([2H])CCCCC/C=C\CCCCCCCC(=O)O[C@H](COC(=O)CCCCCCCCCCCCCC)COP(=O)(O)O.[Na]. The number of esters is 2. The fourth-order valence-corrected chi connectivity index (χ4v) is 5.28. The summed E-state index contributed by atoms with van der Waals surface area (Å²) in [6.45, 7) is -1.71. The van der Waals surface area contributed by atoms with Crippen molar-refractivity contribution in [3.05, 3.63) is 12.2 Å². The second kappa shape index (κ2) is 36.1. The van der Waals surface area contributed by atoms with Gasteiger partial charge in [0.15, 0.2) is 6.10 Å². The first kappa shape index (κ1) is 35.6. The maximum absolute atomic E-state index is 12.4. The van der Waals surface area contributed by atoms with E-state index in [-0.39, 0.29) is 55.4 Å². The summed E-state index contributed by atoms with van der Waals surface area (Å²) < 4.78 is 79.0. The number of ether oxygens (including phenoxy) is 2. The average molecular weight is 691 g/mol. The molecule has 0 rings (SSSR count). The molecule has 0 aliphatic heterocycles. The fourth-order valence-electron chi connectivity index (χ4n) is 4.92. The predicted molar refractivity (Wildman–Crippen MR) is 190 cm³/mol. The molecule has 0 aromatic heterocycles. The van der Waals surface area contributed by atoms with E-state index in [4.69, 9.17) is 28.9 Å². The summed E-state index contributed by atoms with van der Waals surface area (Å²) in [6.07, 6.45) is 20.0. The molecule has 0 heterocycles. The minimum absolute atomic E-state index is 0. The van der Waals surface area contributed by atoms with Gasteiger partial charge in [0.05, 0.1) is 6.61 Å². The topological polar surface area (TPSA) is 119 Å². The Balaban J connectivity index is 0. The molecule has 267 valence electrons. The van der Waals surface area contributed by atoms with Crippen molar-refractivity contribution in [1.82, 2.24) is 0 Å². The van der Waals surface area contributed by atoms with Crippen LogP contribution >= 0.6 is 7.82 Å². The third kappa shape index (κ3) is 38.2. The molecule has 0 unspecified atom stereocenters. The van der Waals surface area contributed by atoms with Gasteiger partial charge in [-0.2, -0.15) is 0 Å². The van der Waals surface area contributed by atoms with Crippen molar-refractivity contribution < 1.29 is 47.5 Å². The van der Waals surface area contributed by atoms with Crippen LogP contribution in [0, 0.1) is 0 Å². The second-order valence-corrected chi connectivity index (χ2v) is 13.1. The van der Waals surface area contributed by atoms with Gasteiger partial charge in [-0.05, 0) is 38.5 Å². The van der Waals surface area contributed by atoms with E-state index >= 15 is 0 Å². The molecule has 10 heteroatoms. The standard InChI is InChI=1S/C36H69O8P.Na/c1-3-5-7-9-11-13-15-17-18-19-21-23-25-27-29-31-36(38)44-34(33-43-45(39,40)41)32-42-35(37)30-28-26-24-22-20-16-14-12-10-8-6-4-2;/h17-18,34H,3-16,19-33H2,1-2H3,(H2,39,40,41);/b18-17-;/t34-;/m1./s1/i1D3,3D2,5D2;. The van der Waals surface area contributed by atoms with Crippen molar-refractivity contribution in [1.29, 1.82) is 0 Å². The molecule has 0 saturated heterocycles. The molecule has 0 aliphatic carbocycles. The Kier molecular flexibility index (Phi) is 27.9. The van der Waals surface area contributed by atoms with Crippen molar-refractivity contribution >= 4 is 49.3 Å². The van der Waals surface area contributed by atoms with E-state index in [0.29, 0.717) is 25.7 Å². The molecule has 0 spiro atoms. The van der Waals surface area contributed by atoms with E-state index in [1.807, 2.05) is 0 Å². The molecular formula is C36H69NaO8P. The summed E-state index contributed by atoms with van der Waals surface area (Å²) in [6, 6.07) is 0. The van der Waals surface area contributed by atoms with E-state index in [1.54, 1.807) is 0 Å². The summed E-state index contributed by atoms with van der Waals surface area (Å²) in [7, 11) is -4.80. The molecular weight excluding hydrogens is 614 g/mol. The van der Waals surface area contributed by atoms with Crippen LogP contribution in [-0.2, 0) is 28.2 Å². The van der Waals surface area contributed by atoms with Gasteiger partial charge in [-0.25, -0.2) is 4.57 Å². The molecule has 1 atom stereocenters. The average Bonchev–Trinajstić information content (AvgIpc) is 3.05.